The second-order valence-electron chi connectivity index (χ2n) is 3.97. The second-order valence-corrected chi connectivity index (χ2v) is 4.76. The van der Waals surface area contributed by atoms with Crippen molar-refractivity contribution in [1.82, 2.24) is 5.32 Å². The average molecular weight is 276 g/mol. The van der Waals surface area contributed by atoms with Crippen molar-refractivity contribution in [3.05, 3.63) is 33.8 Å². The zero-order valence-electron chi connectivity index (χ0n) is 10.3. The molecule has 0 aromatic heterocycles. The molecule has 0 spiro atoms. The largest absolute Gasteiger partial charge is 0.385 e. The molecule has 4 heteroatoms. The number of methoxy groups -OCH3 is 1. The molecule has 0 aliphatic carbocycles. The lowest BCUT2D eigenvalue weighted by Gasteiger charge is -2.18. The lowest BCUT2D eigenvalue weighted by atomic mass is 10.0. The van der Waals surface area contributed by atoms with Crippen LogP contribution in [0, 0.1) is 0 Å². The van der Waals surface area contributed by atoms with Gasteiger partial charge in [0.15, 0.2) is 0 Å². The van der Waals surface area contributed by atoms with E-state index in [1.807, 2.05) is 25.2 Å². The molecule has 0 aliphatic rings. The number of nitrogens with one attached hydrogen (secondary N) is 1. The van der Waals surface area contributed by atoms with Gasteiger partial charge in [-0.05, 0) is 37.9 Å². The maximum absolute atomic E-state index is 6.21. The van der Waals surface area contributed by atoms with Gasteiger partial charge in [-0.3, -0.25) is 0 Å². The van der Waals surface area contributed by atoms with Crippen LogP contribution in [0.5, 0.6) is 0 Å². The van der Waals surface area contributed by atoms with Gasteiger partial charge < -0.3 is 10.1 Å². The van der Waals surface area contributed by atoms with Gasteiger partial charge in [0.2, 0.25) is 0 Å². The molecule has 0 radical (unpaired) electrons. The predicted molar refractivity (Wildman–Crippen MR) is 74.0 cm³/mol. The van der Waals surface area contributed by atoms with E-state index >= 15 is 0 Å². The highest BCUT2D eigenvalue weighted by Crippen LogP contribution is 2.31. The molecule has 96 valence electrons. The number of ether oxygens (including phenoxy) is 1. The van der Waals surface area contributed by atoms with E-state index in [-0.39, 0.29) is 6.04 Å². The van der Waals surface area contributed by atoms with Gasteiger partial charge in [-0.15, -0.1) is 0 Å². The first-order valence-corrected chi connectivity index (χ1v) is 6.56. The van der Waals surface area contributed by atoms with Crippen LogP contribution in [0.25, 0.3) is 0 Å². The van der Waals surface area contributed by atoms with E-state index in [1.165, 1.54) is 0 Å². The molecule has 0 aliphatic heterocycles. The molecular weight excluding hydrogens is 257 g/mol. The number of hydrogen-bond donors (Lipinski definition) is 1. The van der Waals surface area contributed by atoms with Crippen molar-refractivity contribution >= 4 is 23.2 Å². The van der Waals surface area contributed by atoms with Crippen LogP contribution in [0.4, 0.5) is 0 Å². The van der Waals surface area contributed by atoms with E-state index in [0.29, 0.717) is 10.0 Å². The third-order valence-electron chi connectivity index (χ3n) is 2.80. The number of rotatable bonds is 7. The Bertz CT molecular complexity index is 344. The van der Waals surface area contributed by atoms with E-state index in [0.717, 1.165) is 31.4 Å². The van der Waals surface area contributed by atoms with E-state index in [1.54, 1.807) is 7.11 Å². The number of unbranched alkanes of at least 4 members (excludes halogenated alkanes) is 1. The Balaban J connectivity index is 2.63. The zero-order chi connectivity index (χ0) is 12.7. The molecule has 1 aromatic rings. The molecule has 0 amide bonds. The maximum Gasteiger partial charge on any atom is 0.0640 e. The monoisotopic (exact) mass is 275 g/mol. The van der Waals surface area contributed by atoms with Crippen molar-refractivity contribution in [3.63, 3.8) is 0 Å². The summed E-state index contributed by atoms with van der Waals surface area (Å²) in [5.74, 6) is 0. The van der Waals surface area contributed by atoms with Gasteiger partial charge in [0.1, 0.15) is 0 Å². The minimum absolute atomic E-state index is 0.248. The molecule has 0 heterocycles. The quantitative estimate of drug-likeness (QED) is 0.758. The fourth-order valence-electron chi connectivity index (χ4n) is 1.84. The average Bonchev–Trinajstić information content (AvgIpc) is 2.34. The van der Waals surface area contributed by atoms with Crippen molar-refractivity contribution in [2.24, 2.45) is 0 Å². The van der Waals surface area contributed by atoms with Crippen LogP contribution in [0.3, 0.4) is 0 Å². The first kappa shape index (κ1) is 14.8. The van der Waals surface area contributed by atoms with Crippen molar-refractivity contribution in [1.29, 1.82) is 0 Å². The molecule has 1 N–H and O–H groups in total. The molecule has 0 saturated heterocycles. The van der Waals surface area contributed by atoms with E-state index in [9.17, 15) is 0 Å². The molecule has 17 heavy (non-hydrogen) atoms. The summed E-state index contributed by atoms with van der Waals surface area (Å²) in [6.07, 6.45) is 3.19. The van der Waals surface area contributed by atoms with Crippen LogP contribution >= 0.6 is 23.2 Å². The van der Waals surface area contributed by atoms with E-state index in [2.05, 4.69) is 5.32 Å². The van der Waals surface area contributed by atoms with Crippen LogP contribution in [0.15, 0.2) is 18.2 Å². The Kier molecular flexibility index (Phi) is 6.90. The summed E-state index contributed by atoms with van der Waals surface area (Å²) in [5.41, 5.74) is 1.07. The van der Waals surface area contributed by atoms with Gasteiger partial charge in [0, 0.05) is 19.8 Å². The Morgan fingerprint density at radius 1 is 1.29 bits per heavy atom. The summed E-state index contributed by atoms with van der Waals surface area (Å²) in [5, 5.41) is 4.54. The maximum atomic E-state index is 6.21. The smallest absolute Gasteiger partial charge is 0.0640 e. The molecule has 1 rings (SSSR count). The molecule has 0 saturated carbocycles. The first-order valence-electron chi connectivity index (χ1n) is 5.80. The van der Waals surface area contributed by atoms with Crippen LogP contribution < -0.4 is 5.32 Å². The normalized spacial score (nSPS) is 12.7. The molecule has 1 unspecified atom stereocenters. The van der Waals surface area contributed by atoms with Crippen molar-refractivity contribution in [3.8, 4) is 0 Å². The molecule has 2 nitrogen and oxygen atoms in total. The second kappa shape index (κ2) is 7.93. The van der Waals surface area contributed by atoms with Gasteiger partial charge in [-0.2, -0.15) is 0 Å². The Labute approximate surface area is 113 Å². The summed E-state index contributed by atoms with van der Waals surface area (Å²) in [7, 11) is 3.67. The third kappa shape index (κ3) is 4.47. The fraction of sp³-hybridized carbons (Fsp3) is 0.538. The Morgan fingerprint density at radius 2 is 2.06 bits per heavy atom. The lowest BCUT2D eigenvalue weighted by Crippen LogP contribution is -2.17. The van der Waals surface area contributed by atoms with Gasteiger partial charge in [0.25, 0.3) is 0 Å². The highest BCUT2D eigenvalue weighted by atomic mass is 35.5. The minimum atomic E-state index is 0.248. The van der Waals surface area contributed by atoms with Gasteiger partial charge in [-0.25, -0.2) is 0 Å². The molecular formula is C13H19Cl2NO. The summed E-state index contributed by atoms with van der Waals surface area (Å²) >= 11 is 12.2. The Morgan fingerprint density at radius 3 is 2.71 bits per heavy atom. The first-order chi connectivity index (χ1) is 8.20. The van der Waals surface area contributed by atoms with Gasteiger partial charge >= 0.3 is 0 Å². The number of benzene rings is 1. The van der Waals surface area contributed by atoms with Gasteiger partial charge in [0.05, 0.1) is 10.0 Å². The van der Waals surface area contributed by atoms with Gasteiger partial charge in [-0.1, -0.05) is 35.3 Å². The summed E-state index contributed by atoms with van der Waals surface area (Å²) < 4.78 is 5.04. The lowest BCUT2D eigenvalue weighted by molar-refractivity contribution is 0.191. The van der Waals surface area contributed by atoms with E-state index in [4.69, 9.17) is 27.9 Å². The Hall–Kier alpha value is -0.280. The summed E-state index contributed by atoms with van der Waals surface area (Å²) in [6.45, 7) is 0.805. The molecule has 0 bridgehead atoms. The van der Waals surface area contributed by atoms with Crippen LogP contribution in [0.2, 0.25) is 10.0 Å². The third-order valence-corrected chi connectivity index (χ3v) is 3.63. The minimum Gasteiger partial charge on any atom is -0.385 e. The standard InChI is InChI=1S/C13H19Cl2NO/c1-16-12(8-3-4-9-17-2)10-6-5-7-11(14)13(10)15/h5-7,12,16H,3-4,8-9H2,1-2H3. The number of hydrogen-bond acceptors (Lipinski definition) is 2. The SMILES string of the molecule is CNC(CCCCOC)c1cccc(Cl)c1Cl. The predicted octanol–water partition coefficient (Wildman–Crippen LogP) is 4.07. The topological polar surface area (TPSA) is 21.3 Å². The molecule has 1 aromatic carbocycles. The highest BCUT2D eigenvalue weighted by molar-refractivity contribution is 6.42. The van der Waals surface area contributed by atoms with Crippen LogP contribution in [-0.2, 0) is 4.74 Å². The highest BCUT2D eigenvalue weighted by Gasteiger charge is 2.13. The number of halogens is 2. The fourth-order valence-corrected chi connectivity index (χ4v) is 2.28. The van der Waals surface area contributed by atoms with Crippen molar-refractivity contribution in [2.75, 3.05) is 20.8 Å². The van der Waals surface area contributed by atoms with Crippen LogP contribution in [0.1, 0.15) is 30.9 Å². The van der Waals surface area contributed by atoms with Crippen molar-refractivity contribution in [2.45, 2.75) is 25.3 Å². The summed E-state index contributed by atoms with van der Waals surface area (Å²) in [6, 6.07) is 6.01. The zero-order valence-corrected chi connectivity index (χ0v) is 11.8. The molecule has 1 atom stereocenters. The summed E-state index contributed by atoms with van der Waals surface area (Å²) in [4.78, 5) is 0. The van der Waals surface area contributed by atoms with E-state index < -0.39 is 0 Å². The molecule has 0 fully saturated rings. The van der Waals surface area contributed by atoms with Crippen molar-refractivity contribution < 1.29 is 4.74 Å². The van der Waals surface area contributed by atoms with Crippen LogP contribution in [-0.4, -0.2) is 20.8 Å².